The van der Waals surface area contributed by atoms with Gasteiger partial charge in [0.2, 0.25) is 0 Å². The van der Waals surface area contributed by atoms with E-state index in [9.17, 15) is 0 Å². The zero-order chi connectivity index (χ0) is 12.1. The van der Waals surface area contributed by atoms with E-state index >= 15 is 0 Å². The summed E-state index contributed by atoms with van der Waals surface area (Å²) in [5, 5.41) is 2.97. The molecule has 0 aliphatic carbocycles. The molecule has 1 unspecified atom stereocenters. The molecule has 0 bridgehead atoms. The molecule has 0 saturated carbocycles. The van der Waals surface area contributed by atoms with Crippen molar-refractivity contribution in [1.82, 2.24) is 0 Å². The molecule has 0 aliphatic rings. The smallest absolute Gasteiger partial charge is 0.0194 e. The predicted molar refractivity (Wildman–Crippen MR) is 79.2 cm³/mol. The van der Waals surface area contributed by atoms with E-state index in [-0.39, 0.29) is 0 Å². The average Bonchev–Trinajstić information content (AvgIpc) is 2.35. The Balaban J connectivity index is 2.27. The SMILES string of the molecule is CCCc1ccccc1Pc1ccccc1C. The van der Waals surface area contributed by atoms with E-state index < -0.39 is 0 Å². The molecular weight excluding hydrogens is 223 g/mol. The lowest BCUT2D eigenvalue weighted by Gasteiger charge is -2.10. The van der Waals surface area contributed by atoms with Crippen LogP contribution < -0.4 is 10.6 Å². The molecule has 1 heteroatoms. The van der Waals surface area contributed by atoms with Crippen molar-refractivity contribution in [2.75, 3.05) is 0 Å². The van der Waals surface area contributed by atoms with Crippen LogP contribution >= 0.6 is 8.58 Å². The molecule has 2 rings (SSSR count). The largest absolute Gasteiger partial charge is 0.0651 e. The number of benzene rings is 2. The topological polar surface area (TPSA) is 0 Å². The molecule has 0 N–H and O–H groups in total. The maximum Gasteiger partial charge on any atom is -0.0194 e. The Bertz CT molecular complexity index is 488. The molecule has 0 saturated heterocycles. The molecule has 0 nitrogen and oxygen atoms in total. The van der Waals surface area contributed by atoms with Crippen molar-refractivity contribution in [2.24, 2.45) is 0 Å². The second-order valence-corrected chi connectivity index (χ2v) is 5.67. The Hall–Kier alpha value is -1.13. The van der Waals surface area contributed by atoms with Crippen LogP contribution in [0.5, 0.6) is 0 Å². The van der Waals surface area contributed by atoms with Gasteiger partial charge in [-0.05, 0) is 35.1 Å². The molecule has 88 valence electrons. The summed E-state index contributed by atoms with van der Waals surface area (Å²) in [7, 11) is 0.784. The molecule has 2 aromatic rings. The Morgan fingerprint density at radius 3 is 2.24 bits per heavy atom. The number of hydrogen-bond donors (Lipinski definition) is 0. The average molecular weight is 242 g/mol. The highest BCUT2D eigenvalue weighted by Crippen LogP contribution is 2.16. The van der Waals surface area contributed by atoms with Crippen molar-refractivity contribution in [1.29, 1.82) is 0 Å². The Morgan fingerprint density at radius 1 is 0.882 bits per heavy atom. The number of rotatable bonds is 4. The van der Waals surface area contributed by atoms with Crippen LogP contribution in [0.25, 0.3) is 0 Å². The highest BCUT2D eigenvalue weighted by Gasteiger charge is 2.03. The summed E-state index contributed by atoms with van der Waals surface area (Å²) in [4.78, 5) is 0. The van der Waals surface area contributed by atoms with Crippen molar-refractivity contribution in [3.63, 3.8) is 0 Å². The Kier molecular flexibility index (Phi) is 4.34. The van der Waals surface area contributed by atoms with Crippen molar-refractivity contribution < 1.29 is 0 Å². The minimum absolute atomic E-state index is 0.784. The number of aryl methyl sites for hydroxylation is 2. The van der Waals surface area contributed by atoms with Gasteiger partial charge in [-0.1, -0.05) is 70.5 Å². The summed E-state index contributed by atoms with van der Waals surface area (Å²) in [6, 6.07) is 17.5. The molecule has 0 aromatic heterocycles. The lowest BCUT2D eigenvalue weighted by Crippen LogP contribution is -2.10. The van der Waals surface area contributed by atoms with Crippen molar-refractivity contribution in [3.8, 4) is 0 Å². The van der Waals surface area contributed by atoms with Crippen LogP contribution in [-0.2, 0) is 6.42 Å². The second kappa shape index (κ2) is 5.98. The van der Waals surface area contributed by atoms with Gasteiger partial charge in [-0.15, -0.1) is 0 Å². The van der Waals surface area contributed by atoms with E-state index in [0.717, 1.165) is 8.58 Å². The summed E-state index contributed by atoms with van der Waals surface area (Å²) in [6.07, 6.45) is 2.41. The van der Waals surface area contributed by atoms with E-state index in [1.54, 1.807) is 0 Å². The first-order chi connectivity index (χ1) is 8.31. The van der Waals surface area contributed by atoms with Crippen LogP contribution in [0.1, 0.15) is 24.5 Å². The monoisotopic (exact) mass is 242 g/mol. The maximum atomic E-state index is 2.27. The van der Waals surface area contributed by atoms with Crippen LogP contribution in [0.2, 0.25) is 0 Å². The van der Waals surface area contributed by atoms with Crippen molar-refractivity contribution in [3.05, 3.63) is 59.7 Å². The molecule has 1 atom stereocenters. The standard InChI is InChI=1S/C16H19P/c1-3-8-14-10-5-7-12-16(14)17-15-11-6-4-9-13(15)2/h4-7,9-12,17H,3,8H2,1-2H3. The summed E-state index contributed by atoms with van der Waals surface area (Å²) in [5.41, 5.74) is 2.91. The second-order valence-electron chi connectivity index (χ2n) is 4.35. The first-order valence-corrected chi connectivity index (χ1v) is 7.22. The number of hydrogen-bond acceptors (Lipinski definition) is 0. The van der Waals surface area contributed by atoms with Crippen LogP contribution in [0.15, 0.2) is 48.5 Å². The highest BCUT2D eigenvalue weighted by atomic mass is 31.1. The van der Waals surface area contributed by atoms with E-state index in [0.29, 0.717) is 0 Å². The molecule has 17 heavy (non-hydrogen) atoms. The van der Waals surface area contributed by atoms with Gasteiger partial charge >= 0.3 is 0 Å². The molecule has 0 aliphatic heterocycles. The summed E-state index contributed by atoms with van der Waals surface area (Å²) >= 11 is 0. The van der Waals surface area contributed by atoms with E-state index in [2.05, 4.69) is 62.4 Å². The van der Waals surface area contributed by atoms with Gasteiger partial charge in [0.15, 0.2) is 0 Å². The van der Waals surface area contributed by atoms with Crippen LogP contribution in [0.3, 0.4) is 0 Å². The molecular formula is C16H19P. The fourth-order valence-corrected chi connectivity index (χ4v) is 3.29. The molecule has 0 amide bonds. The van der Waals surface area contributed by atoms with Crippen LogP contribution in [0.4, 0.5) is 0 Å². The molecule has 0 fully saturated rings. The summed E-state index contributed by atoms with van der Waals surface area (Å²) < 4.78 is 0. The quantitative estimate of drug-likeness (QED) is 0.719. The Morgan fingerprint density at radius 2 is 1.53 bits per heavy atom. The van der Waals surface area contributed by atoms with Gasteiger partial charge in [-0.25, -0.2) is 0 Å². The Labute approximate surface area is 106 Å². The molecule has 2 aromatic carbocycles. The van der Waals surface area contributed by atoms with E-state index in [1.165, 1.54) is 34.6 Å². The van der Waals surface area contributed by atoms with Crippen molar-refractivity contribution in [2.45, 2.75) is 26.7 Å². The summed E-state index contributed by atoms with van der Waals surface area (Å²) in [6.45, 7) is 4.44. The third-order valence-electron chi connectivity index (χ3n) is 2.95. The van der Waals surface area contributed by atoms with Gasteiger partial charge in [-0.2, -0.15) is 0 Å². The molecule has 0 spiro atoms. The van der Waals surface area contributed by atoms with Gasteiger partial charge in [0.05, 0.1) is 0 Å². The molecule has 0 heterocycles. The maximum absolute atomic E-state index is 2.27. The molecule has 0 radical (unpaired) electrons. The van der Waals surface area contributed by atoms with Gasteiger partial charge in [0.1, 0.15) is 0 Å². The fourth-order valence-electron chi connectivity index (χ4n) is 1.99. The zero-order valence-corrected chi connectivity index (χ0v) is 11.5. The third-order valence-corrected chi connectivity index (χ3v) is 4.54. The normalized spacial score (nSPS) is 11.2. The lowest BCUT2D eigenvalue weighted by atomic mass is 10.1. The lowest BCUT2D eigenvalue weighted by molar-refractivity contribution is 0.927. The van der Waals surface area contributed by atoms with E-state index in [1.807, 2.05) is 0 Å². The highest BCUT2D eigenvalue weighted by molar-refractivity contribution is 7.55. The minimum Gasteiger partial charge on any atom is -0.0651 e. The third kappa shape index (κ3) is 3.17. The summed E-state index contributed by atoms with van der Waals surface area (Å²) in [5.74, 6) is 0. The predicted octanol–water partition coefficient (Wildman–Crippen LogP) is 3.58. The first-order valence-electron chi connectivity index (χ1n) is 6.22. The van der Waals surface area contributed by atoms with E-state index in [4.69, 9.17) is 0 Å². The fraction of sp³-hybridized carbons (Fsp3) is 0.250. The van der Waals surface area contributed by atoms with Gasteiger partial charge < -0.3 is 0 Å². The minimum atomic E-state index is 0.784. The van der Waals surface area contributed by atoms with Gasteiger partial charge in [0.25, 0.3) is 0 Å². The first kappa shape index (κ1) is 12.3. The van der Waals surface area contributed by atoms with Gasteiger partial charge in [-0.3, -0.25) is 0 Å². The van der Waals surface area contributed by atoms with Crippen molar-refractivity contribution >= 4 is 19.2 Å². The van der Waals surface area contributed by atoms with Gasteiger partial charge in [0, 0.05) is 0 Å². The zero-order valence-electron chi connectivity index (χ0n) is 10.5. The van der Waals surface area contributed by atoms with Crippen LogP contribution in [-0.4, -0.2) is 0 Å². The van der Waals surface area contributed by atoms with Crippen LogP contribution in [0, 0.1) is 6.92 Å².